The number of halogens is 1. The van der Waals surface area contributed by atoms with Crippen molar-refractivity contribution in [3.05, 3.63) is 39.4 Å². The summed E-state index contributed by atoms with van der Waals surface area (Å²) in [7, 11) is 2.03. The molecule has 6 nitrogen and oxygen atoms in total. The molecule has 3 rings (SSSR count). The number of piperazine rings is 1. The van der Waals surface area contributed by atoms with E-state index < -0.39 is 17.2 Å². The molecule has 0 spiro atoms. The molecule has 0 atom stereocenters. The number of carboxylic acids is 1. The fourth-order valence-corrected chi connectivity index (χ4v) is 3.38. The molecular weight excluding hydrogens is 325 g/mol. The molecular formula is C18H22FN3O3. The Bertz CT molecular complexity index is 899. The molecule has 0 unspecified atom stereocenters. The van der Waals surface area contributed by atoms with Gasteiger partial charge in [-0.15, -0.1) is 0 Å². The maximum atomic E-state index is 15.0. The van der Waals surface area contributed by atoms with Crippen LogP contribution < -0.4 is 10.3 Å². The normalized spacial score (nSPS) is 15.8. The van der Waals surface area contributed by atoms with Crippen molar-refractivity contribution in [2.24, 2.45) is 0 Å². The predicted octanol–water partition coefficient (Wildman–Crippen LogP) is 1.92. The lowest BCUT2D eigenvalue weighted by molar-refractivity contribution is 0.0695. The largest absolute Gasteiger partial charge is 0.477 e. The van der Waals surface area contributed by atoms with Gasteiger partial charge in [0.1, 0.15) is 11.4 Å². The number of aromatic nitrogens is 1. The van der Waals surface area contributed by atoms with Crippen LogP contribution in [0, 0.1) is 12.7 Å². The van der Waals surface area contributed by atoms with Crippen molar-refractivity contribution < 1.29 is 14.3 Å². The number of fused-ring (bicyclic) bond motifs is 1. The van der Waals surface area contributed by atoms with Crippen molar-refractivity contribution in [2.45, 2.75) is 20.4 Å². The van der Waals surface area contributed by atoms with Crippen molar-refractivity contribution >= 4 is 22.6 Å². The van der Waals surface area contributed by atoms with Crippen LogP contribution in [-0.4, -0.2) is 53.8 Å². The highest BCUT2D eigenvalue weighted by molar-refractivity contribution is 5.95. The van der Waals surface area contributed by atoms with E-state index in [0.29, 0.717) is 30.8 Å². The number of aryl methyl sites for hydroxylation is 2. The number of carboxylic acid groups (broad SMARTS) is 1. The van der Waals surface area contributed by atoms with Crippen LogP contribution >= 0.6 is 0 Å². The Hall–Kier alpha value is -2.41. The lowest BCUT2D eigenvalue weighted by Gasteiger charge is -2.34. The van der Waals surface area contributed by atoms with Gasteiger partial charge in [-0.1, -0.05) is 0 Å². The highest BCUT2D eigenvalue weighted by Crippen LogP contribution is 2.29. The number of pyridine rings is 1. The molecule has 0 amide bonds. The van der Waals surface area contributed by atoms with Crippen molar-refractivity contribution in [3.63, 3.8) is 0 Å². The smallest absolute Gasteiger partial charge is 0.341 e. The van der Waals surface area contributed by atoms with Gasteiger partial charge in [0.05, 0.1) is 16.6 Å². The number of nitrogens with zero attached hydrogens (tertiary/aromatic N) is 3. The molecule has 1 aromatic carbocycles. The second-order valence-corrected chi connectivity index (χ2v) is 6.48. The van der Waals surface area contributed by atoms with Gasteiger partial charge in [-0.2, -0.15) is 0 Å². The Labute approximate surface area is 145 Å². The van der Waals surface area contributed by atoms with E-state index in [9.17, 15) is 14.7 Å². The Morgan fingerprint density at radius 2 is 1.92 bits per heavy atom. The second kappa shape index (κ2) is 6.48. The molecule has 1 N–H and O–H groups in total. The van der Waals surface area contributed by atoms with Crippen LogP contribution in [0.1, 0.15) is 22.8 Å². The number of carbonyl (C=O) groups is 1. The van der Waals surface area contributed by atoms with Crippen LogP contribution in [0.2, 0.25) is 0 Å². The van der Waals surface area contributed by atoms with Crippen LogP contribution in [-0.2, 0) is 6.54 Å². The summed E-state index contributed by atoms with van der Waals surface area (Å²) in [6.07, 6.45) is 1.35. The van der Waals surface area contributed by atoms with Crippen molar-refractivity contribution in [1.29, 1.82) is 0 Å². The minimum absolute atomic E-state index is 0.150. The maximum Gasteiger partial charge on any atom is 0.341 e. The van der Waals surface area contributed by atoms with Gasteiger partial charge in [-0.25, -0.2) is 9.18 Å². The molecule has 25 heavy (non-hydrogen) atoms. The summed E-state index contributed by atoms with van der Waals surface area (Å²) in [5.41, 5.74) is 0.299. The zero-order valence-corrected chi connectivity index (χ0v) is 14.7. The number of benzene rings is 1. The number of aromatic carboxylic acids is 1. The Balaban J connectivity index is 2.27. The van der Waals surface area contributed by atoms with Gasteiger partial charge in [-0.05, 0) is 27.0 Å². The second-order valence-electron chi connectivity index (χ2n) is 6.48. The molecule has 7 heteroatoms. The number of hydrogen-bond donors (Lipinski definition) is 1. The molecule has 1 fully saturated rings. The summed E-state index contributed by atoms with van der Waals surface area (Å²) in [5, 5.41) is 9.42. The zero-order chi connectivity index (χ0) is 18.3. The molecule has 2 heterocycles. The maximum absolute atomic E-state index is 15.0. The zero-order valence-electron chi connectivity index (χ0n) is 14.7. The fraction of sp³-hybridized carbons (Fsp3) is 0.444. The molecule has 0 saturated carbocycles. The minimum atomic E-state index is -1.29. The lowest BCUT2D eigenvalue weighted by Crippen LogP contribution is -2.45. The highest BCUT2D eigenvalue weighted by Gasteiger charge is 2.23. The molecule has 0 bridgehead atoms. The van der Waals surface area contributed by atoms with Crippen LogP contribution in [0.4, 0.5) is 10.1 Å². The first-order valence-corrected chi connectivity index (χ1v) is 8.38. The van der Waals surface area contributed by atoms with Crippen molar-refractivity contribution in [2.75, 3.05) is 38.1 Å². The van der Waals surface area contributed by atoms with Gasteiger partial charge >= 0.3 is 5.97 Å². The van der Waals surface area contributed by atoms with Gasteiger partial charge in [0.15, 0.2) is 0 Å². The Kier molecular flexibility index (Phi) is 4.51. The third kappa shape index (κ3) is 2.89. The first-order valence-electron chi connectivity index (χ1n) is 8.38. The molecule has 1 saturated heterocycles. The van der Waals surface area contributed by atoms with Gasteiger partial charge in [-0.3, -0.25) is 4.79 Å². The van der Waals surface area contributed by atoms with Crippen LogP contribution in [0.5, 0.6) is 0 Å². The minimum Gasteiger partial charge on any atom is -0.477 e. The first kappa shape index (κ1) is 17.4. The van der Waals surface area contributed by atoms with E-state index in [0.717, 1.165) is 13.1 Å². The SMILES string of the molecule is CCn1cc(C(=O)O)c(=O)c2c(C)c(F)c(N3CCN(C)CC3)cc21. The number of rotatable bonds is 3. The van der Waals surface area contributed by atoms with E-state index in [1.54, 1.807) is 17.6 Å². The quantitative estimate of drug-likeness (QED) is 0.919. The van der Waals surface area contributed by atoms with Gasteiger partial charge in [0.25, 0.3) is 0 Å². The average Bonchev–Trinajstić information content (AvgIpc) is 2.58. The Morgan fingerprint density at radius 1 is 1.28 bits per heavy atom. The summed E-state index contributed by atoms with van der Waals surface area (Å²) < 4.78 is 16.7. The van der Waals surface area contributed by atoms with E-state index in [1.165, 1.54) is 6.20 Å². The van der Waals surface area contributed by atoms with Crippen molar-refractivity contribution in [1.82, 2.24) is 9.47 Å². The summed E-state index contributed by atoms with van der Waals surface area (Å²) in [6, 6.07) is 1.68. The third-order valence-electron chi connectivity index (χ3n) is 4.94. The molecule has 134 valence electrons. The van der Waals surface area contributed by atoms with Crippen LogP contribution in [0.25, 0.3) is 10.9 Å². The summed E-state index contributed by atoms with van der Waals surface area (Å²) >= 11 is 0. The van der Waals surface area contributed by atoms with E-state index in [-0.39, 0.29) is 16.5 Å². The fourth-order valence-electron chi connectivity index (χ4n) is 3.38. The van der Waals surface area contributed by atoms with E-state index in [2.05, 4.69) is 4.90 Å². The molecule has 2 aromatic rings. The molecule has 0 radical (unpaired) electrons. The van der Waals surface area contributed by atoms with E-state index in [4.69, 9.17) is 0 Å². The average molecular weight is 347 g/mol. The monoisotopic (exact) mass is 347 g/mol. The lowest BCUT2D eigenvalue weighted by atomic mass is 10.0. The first-order chi connectivity index (χ1) is 11.8. The number of hydrogen-bond acceptors (Lipinski definition) is 4. The number of likely N-dealkylation sites (N-methyl/N-ethyl adjacent to an activating group) is 1. The van der Waals surface area contributed by atoms with Crippen LogP contribution in [0.3, 0.4) is 0 Å². The van der Waals surface area contributed by atoms with Gasteiger partial charge in [0, 0.05) is 44.5 Å². The topological polar surface area (TPSA) is 65.8 Å². The summed E-state index contributed by atoms with van der Waals surface area (Å²) in [5.74, 6) is -1.74. The standard InChI is InChI=1S/C18H22FN3O3/c1-4-21-10-12(18(24)25)17(23)15-11(2)16(19)14(9-13(15)21)22-7-5-20(3)6-8-22/h9-10H,4-8H2,1-3H3,(H,24,25). The third-order valence-corrected chi connectivity index (χ3v) is 4.94. The highest BCUT2D eigenvalue weighted by atomic mass is 19.1. The molecule has 1 aliphatic heterocycles. The van der Waals surface area contributed by atoms with Crippen LogP contribution in [0.15, 0.2) is 17.1 Å². The Morgan fingerprint density at radius 3 is 2.48 bits per heavy atom. The van der Waals surface area contributed by atoms with Gasteiger partial charge < -0.3 is 19.5 Å². The molecule has 1 aliphatic rings. The van der Waals surface area contributed by atoms with E-state index >= 15 is 4.39 Å². The summed E-state index contributed by atoms with van der Waals surface area (Å²) in [4.78, 5) is 28.1. The number of anilines is 1. The van der Waals surface area contributed by atoms with E-state index in [1.807, 2.05) is 18.9 Å². The molecule has 0 aliphatic carbocycles. The van der Waals surface area contributed by atoms with Crippen molar-refractivity contribution in [3.8, 4) is 0 Å². The molecule has 1 aromatic heterocycles. The summed E-state index contributed by atoms with van der Waals surface area (Å²) in [6.45, 7) is 7.01. The predicted molar refractivity (Wildman–Crippen MR) is 95.2 cm³/mol. The van der Waals surface area contributed by atoms with Gasteiger partial charge in [0.2, 0.25) is 5.43 Å².